The highest BCUT2D eigenvalue weighted by Gasteiger charge is 2.16. The summed E-state index contributed by atoms with van der Waals surface area (Å²) >= 11 is 0. The third-order valence-electron chi connectivity index (χ3n) is 4.64. The molecule has 6 heteroatoms. The molecule has 3 rings (SSSR count). The SMILES string of the molecule is CCOc1ccc(-c2ccc(CCc3ccc(OC)c(F)c3F)cc2)c(F)c1F. The first kappa shape index (κ1) is 20.7. The van der Waals surface area contributed by atoms with E-state index in [4.69, 9.17) is 9.47 Å². The first-order valence-corrected chi connectivity index (χ1v) is 9.17. The van der Waals surface area contributed by atoms with Gasteiger partial charge in [-0.1, -0.05) is 30.3 Å². The highest BCUT2D eigenvalue weighted by molar-refractivity contribution is 5.65. The third-order valence-corrected chi connectivity index (χ3v) is 4.64. The Hall–Kier alpha value is -3.02. The largest absolute Gasteiger partial charge is 0.494 e. The number of hydrogen-bond donors (Lipinski definition) is 0. The summed E-state index contributed by atoms with van der Waals surface area (Å²) < 4.78 is 66.1. The summed E-state index contributed by atoms with van der Waals surface area (Å²) in [5, 5.41) is 0. The highest BCUT2D eigenvalue weighted by atomic mass is 19.2. The van der Waals surface area contributed by atoms with Crippen LogP contribution >= 0.6 is 0 Å². The minimum absolute atomic E-state index is 0.126. The van der Waals surface area contributed by atoms with E-state index < -0.39 is 23.3 Å². The lowest BCUT2D eigenvalue weighted by atomic mass is 9.99. The standard InChI is InChI=1S/C23H20F4O2/c1-3-29-19-13-11-17(21(25)23(19)27)15-7-4-14(5-8-15)6-9-16-10-12-18(28-2)22(26)20(16)24/h4-5,7-8,10-13H,3,6,9H2,1-2H3. The molecule has 0 aromatic heterocycles. The third kappa shape index (κ3) is 4.36. The number of hydrogen-bond acceptors (Lipinski definition) is 2. The van der Waals surface area contributed by atoms with Gasteiger partial charge in [0.2, 0.25) is 11.6 Å². The lowest BCUT2D eigenvalue weighted by molar-refractivity contribution is 0.314. The fourth-order valence-corrected chi connectivity index (χ4v) is 3.07. The Morgan fingerprint density at radius 1 is 0.690 bits per heavy atom. The van der Waals surface area contributed by atoms with Gasteiger partial charge in [0.05, 0.1) is 13.7 Å². The van der Waals surface area contributed by atoms with Crippen molar-refractivity contribution in [2.45, 2.75) is 19.8 Å². The maximum atomic E-state index is 14.3. The van der Waals surface area contributed by atoms with Gasteiger partial charge in [-0.05, 0) is 54.7 Å². The average Bonchev–Trinajstić information content (AvgIpc) is 2.73. The topological polar surface area (TPSA) is 18.5 Å². The summed E-state index contributed by atoms with van der Waals surface area (Å²) in [6.07, 6.45) is 0.751. The van der Waals surface area contributed by atoms with Crippen LogP contribution in [0.25, 0.3) is 11.1 Å². The number of ether oxygens (including phenoxy) is 2. The van der Waals surface area contributed by atoms with Gasteiger partial charge < -0.3 is 9.47 Å². The minimum Gasteiger partial charge on any atom is -0.494 e. The van der Waals surface area contributed by atoms with Crippen molar-refractivity contribution in [3.05, 3.63) is 82.9 Å². The van der Waals surface area contributed by atoms with Gasteiger partial charge in [-0.2, -0.15) is 8.78 Å². The average molecular weight is 404 g/mol. The van der Waals surface area contributed by atoms with Crippen LogP contribution in [0.2, 0.25) is 0 Å². The Kier molecular flexibility index (Phi) is 6.42. The molecular weight excluding hydrogens is 384 g/mol. The normalized spacial score (nSPS) is 10.8. The molecule has 0 aliphatic heterocycles. The molecule has 3 aromatic rings. The molecule has 0 unspecified atom stereocenters. The van der Waals surface area contributed by atoms with Crippen molar-refractivity contribution in [2.75, 3.05) is 13.7 Å². The molecule has 2 nitrogen and oxygen atoms in total. The molecule has 0 heterocycles. The van der Waals surface area contributed by atoms with Crippen LogP contribution in [0.5, 0.6) is 11.5 Å². The molecule has 0 N–H and O–H groups in total. The fourth-order valence-electron chi connectivity index (χ4n) is 3.07. The van der Waals surface area contributed by atoms with Gasteiger partial charge in [-0.3, -0.25) is 0 Å². The smallest absolute Gasteiger partial charge is 0.201 e. The predicted octanol–water partition coefficient (Wildman–Crippen LogP) is 6.10. The van der Waals surface area contributed by atoms with Crippen molar-refractivity contribution in [3.63, 3.8) is 0 Å². The summed E-state index contributed by atoms with van der Waals surface area (Å²) in [6.45, 7) is 1.93. The first-order chi connectivity index (χ1) is 14.0. The Balaban J connectivity index is 1.75. The van der Waals surface area contributed by atoms with Crippen molar-refractivity contribution in [1.29, 1.82) is 0 Å². The fraction of sp³-hybridized carbons (Fsp3) is 0.217. The monoisotopic (exact) mass is 404 g/mol. The van der Waals surface area contributed by atoms with Crippen molar-refractivity contribution < 1.29 is 27.0 Å². The van der Waals surface area contributed by atoms with Crippen LogP contribution in [0.15, 0.2) is 48.5 Å². The van der Waals surface area contributed by atoms with Crippen molar-refractivity contribution in [1.82, 2.24) is 0 Å². The van der Waals surface area contributed by atoms with Gasteiger partial charge in [0.1, 0.15) is 0 Å². The van der Waals surface area contributed by atoms with Gasteiger partial charge in [-0.25, -0.2) is 8.78 Å². The second kappa shape index (κ2) is 8.99. The molecule has 0 amide bonds. The van der Waals surface area contributed by atoms with Crippen LogP contribution in [0.4, 0.5) is 17.6 Å². The second-order valence-electron chi connectivity index (χ2n) is 6.42. The summed E-state index contributed by atoms with van der Waals surface area (Å²) in [4.78, 5) is 0. The summed E-state index contributed by atoms with van der Waals surface area (Å²) in [5.41, 5.74) is 1.74. The van der Waals surface area contributed by atoms with E-state index in [0.717, 1.165) is 5.56 Å². The molecular formula is C23H20F4O2. The van der Waals surface area contributed by atoms with E-state index in [1.54, 1.807) is 31.2 Å². The number of methoxy groups -OCH3 is 1. The molecule has 0 saturated carbocycles. The van der Waals surface area contributed by atoms with Crippen LogP contribution < -0.4 is 9.47 Å². The summed E-state index contributed by atoms with van der Waals surface area (Å²) in [6, 6.07) is 12.6. The molecule has 0 saturated heterocycles. The lowest BCUT2D eigenvalue weighted by Crippen LogP contribution is -2.00. The maximum Gasteiger partial charge on any atom is 0.201 e. The molecule has 0 radical (unpaired) electrons. The Bertz CT molecular complexity index is 1000. The molecule has 0 atom stereocenters. The number of rotatable bonds is 7. The molecule has 29 heavy (non-hydrogen) atoms. The molecule has 0 bridgehead atoms. The lowest BCUT2D eigenvalue weighted by Gasteiger charge is -2.10. The number of benzene rings is 3. The maximum absolute atomic E-state index is 14.3. The molecule has 0 aliphatic rings. The van der Waals surface area contributed by atoms with E-state index in [2.05, 4.69) is 0 Å². The first-order valence-electron chi connectivity index (χ1n) is 9.17. The van der Waals surface area contributed by atoms with E-state index in [1.165, 1.54) is 31.4 Å². The van der Waals surface area contributed by atoms with Gasteiger partial charge in [0.25, 0.3) is 0 Å². The van der Waals surface area contributed by atoms with Crippen molar-refractivity contribution >= 4 is 0 Å². The molecule has 0 spiro atoms. The Labute approximate surface area is 166 Å². The molecule has 152 valence electrons. The van der Waals surface area contributed by atoms with Crippen LogP contribution in [0.1, 0.15) is 18.1 Å². The molecule has 0 fully saturated rings. The van der Waals surface area contributed by atoms with Gasteiger partial charge in [0.15, 0.2) is 23.1 Å². The van der Waals surface area contributed by atoms with E-state index in [-0.39, 0.29) is 35.7 Å². The number of aryl methyl sites for hydroxylation is 2. The quantitative estimate of drug-likeness (QED) is 0.443. The van der Waals surface area contributed by atoms with E-state index in [0.29, 0.717) is 12.0 Å². The van der Waals surface area contributed by atoms with E-state index >= 15 is 0 Å². The predicted molar refractivity (Wildman–Crippen MR) is 103 cm³/mol. The second-order valence-corrected chi connectivity index (χ2v) is 6.42. The molecule has 3 aromatic carbocycles. The van der Waals surface area contributed by atoms with Crippen LogP contribution in [-0.4, -0.2) is 13.7 Å². The van der Waals surface area contributed by atoms with Crippen molar-refractivity contribution in [3.8, 4) is 22.6 Å². The van der Waals surface area contributed by atoms with Crippen LogP contribution in [-0.2, 0) is 12.8 Å². The highest BCUT2D eigenvalue weighted by Crippen LogP contribution is 2.30. The van der Waals surface area contributed by atoms with Crippen molar-refractivity contribution in [2.24, 2.45) is 0 Å². The van der Waals surface area contributed by atoms with Gasteiger partial charge in [0, 0.05) is 5.56 Å². The van der Waals surface area contributed by atoms with E-state index in [9.17, 15) is 17.6 Å². The minimum atomic E-state index is -1.02. The van der Waals surface area contributed by atoms with Crippen LogP contribution in [0, 0.1) is 23.3 Å². The zero-order valence-corrected chi connectivity index (χ0v) is 16.1. The number of halogens is 4. The van der Waals surface area contributed by atoms with Gasteiger partial charge in [-0.15, -0.1) is 0 Å². The Morgan fingerprint density at radius 2 is 1.34 bits per heavy atom. The summed E-state index contributed by atoms with van der Waals surface area (Å²) in [5.74, 6) is -4.19. The summed E-state index contributed by atoms with van der Waals surface area (Å²) in [7, 11) is 1.28. The molecule has 0 aliphatic carbocycles. The van der Waals surface area contributed by atoms with Crippen LogP contribution in [0.3, 0.4) is 0 Å². The van der Waals surface area contributed by atoms with E-state index in [1.807, 2.05) is 0 Å². The van der Waals surface area contributed by atoms with Gasteiger partial charge >= 0.3 is 0 Å². The zero-order chi connectivity index (χ0) is 21.0. The zero-order valence-electron chi connectivity index (χ0n) is 16.1. The Morgan fingerprint density at radius 3 is 2.00 bits per heavy atom.